The number of methoxy groups -OCH3 is 1. The number of hydrogen-bond donors (Lipinski definition) is 1. The van der Waals surface area contributed by atoms with Gasteiger partial charge < -0.3 is 20.1 Å². The molecule has 0 saturated carbocycles. The molecule has 5 nitrogen and oxygen atoms in total. The number of rotatable bonds is 5. The quantitative estimate of drug-likeness (QED) is 0.436. The molecule has 124 valence electrons. The Morgan fingerprint density at radius 2 is 2.05 bits per heavy atom. The van der Waals surface area contributed by atoms with Crippen LogP contribution in [0.3, 0.4) is 0 Å². The van der Waals surface area contributed by atoms with Crippen LogP contribution < -0.4 is 15.2 Å². The number of guanidine groups is 1. The van der Waals surface area contributed by atoms with Crippen LogP contribution >= 0.6 is 35.7 Å². The van der Waals surface area contributed by atoms with Gasteiger partial charge in [0.25, 0.3) is 0 Å². The van der Waals surface area contributed by atoms with E-state index in [9.17, 15) is 0 Å². The van der Waals surface area contributed by atoms with Crippen molar-refractivity contribution in [3.63, 3.8) is 0 Å². The molecule has 1 saturated heterocycles. The lowest BCUT2D eigenvalue weighted by molar-refractivity contribution is 0.228. The van der Waals surface area contributed by atoms with E-state index in [1.807, 2.05) is 43.0 Å². The van der Waals surface area contributed by atoms with Crippen LogP contribution in [0.25, 0.3) is 0 Å². The monoisotopic (exact) mass is 437 g/mol. The zero-order valence-electron chi connectivity index (χ0n) is 13.0. The van der Waals surface area contributed by atoms with Crippen molar-refractivity contribution in [3.8, 4) is 11.5 Å². The third-order valence-electron chi connectivity index (χ3n) is 3.22. The van der Waals surface area contributed by atoms with Gasteiger partial charge in [-0.05, 0) is 19.1 Å². The maximum Gasteiger partial charge on any atom is 0.191 e. The summed E-state index contributed by atoms with van der Waals surface area (Å²) in [6.45, 7) is 4.49. The molecule has 1 heterocycles. The topological polar surface area (TPSA) is 60.1 Å². The van der Waals surface area contributed by atoms with Crippen molar-refractivity contribution >= 4 is 41.7 Å². The molecule has 22 heavy (non-hydrogen) atoms. The van der Waals surface area contributed by atoms with Gasteiger partial charge in [-0.1, -0.05) is 6.07 Å². The molecule has 0 spiro atoms. The minimum Gasteiger partial charge on any atom is -0.497 e. The molecule has 1 unspecified atom stereocenters. The van der Waals surface area contributed by atoms with Crippen molar-refractivity contribution in [2.45, 2.75) is 13.0 Å². The molecular formula is C15H24IN3O2S. The van der Waals surface area contributed by atoms with Gasteiger partial charge in [-0.3, -0.25) is 0 Å². The van der Waals surface area contributed by atoms with Gasteiger partial charge in [0.05, 0.1) is 13.7 Å². The fourth-order valence-corrected chi connectivity index (χ4v) is 2.96. The first-order chi connectivity index (χ1) is 10.2. The molecule has 0 radical (unpaired) electrons. The third kappa shape index (κ3) is 6.12. The lowest BCUT2D eigenvalue weighted by Gasteiger charge is -2.27. The normalized spacial score (nSPS) is 16.6. The summed E-state index contributed by atoms with van der Waals surface area (Å²) in [6.07, 6.45) is -0.0326. The number of nitrogens with zero attached hydrogens (tertiary/aromatic N) is 2. The average molecular weight is 437 g/mol. The SMILES string of the molecule is COc1cccc(OC(C)CN=C(N)N2CCSCC2)c1.I. The minimum absolute atomic E-state index is 0. The summed E-state index contributed by atoms with van der Waals surface area (Å²) >= 11 is 1.96. The molecule has 0 bridgehead atoms. The van der Waals surface area contributed by atoms with Gasteiger partial charge >= 0.3 is 0 Å². The number of benzene rings is 1. The molecule has 1 fully saturated rings. The average Bonchev–Trinajstić information content (AvgIpc) is 2.53. The van der Waals surface area contributed by atoms with Gasteiger partial charge in [0, 0.05) is 30.7 Å². The van der Waals surface area contributed by atoms with Crippen LogP contribution in [-0.4, -0.2) is 55.2 Å². The maximum absolute atomic E-state index is 6.03. The number of thioether (sulfide) groups is 1. The highest BCUT2D eigenvalue weighted by Crippen LogP contribution is 2.20. The van der Waals surface area contributed by atoms with Gasteiger partial charge in [-0.25, -0.2) is 4.99 Å². The summed E-state index contributed by atoms with van der Waals surface area (Å²) in [7, 11) is 1.64. The van der Waals surface area contributed by atoms with Gasteiger partial charge in [0.15, 0.2) is 5.96 Å². The smallest absolute Gasteiger partial charge is 0.191 e. The molecule has 1 aliphatic heterocycles. The maximum atomic E-state index is 6.03. The van der Waals surface area contributed by atoms with E-state index in [-0.39, 0.29) is 30.1 Å². The number of aliphatic imine (C=N–C) groups is 1. The molecule has 7 heteroatoms. The van der Waals surface area contributed by atoms with Crippen LogP contribution in [0.5, 0.6) is 11.5 Å². The summed E-state index contributed by atoms with van der Waals surface area (Å²) in [6, 6.07) is 7.57. The summed E-state index contributed by atoms with van der Waals surface area (Å²) in [5, 5.41) is 0. The Morgan fingerprint density at radius 1 is 1.36 bits per heavy atom. The van der Waals surface area contributed by atoms with E-state index in [1.165, 1.54) is 0 Å². The zero-order valence-corrected chi connectivity index (χ0v) is 16.2. The lowest BCUT2D eigenvalue weighted by Crippen LogP contribution is -2.43. The first-order valence-corrected chi connectivity index (χ1v) is 8.28. The second-order valence-electron chi connectivity index (χ2n) is 4.91. The first kappa shape index (κ1) is 19.2. The number of nitrogens with two attached hydrogens (primary N) is 1. The Hall–Kier alpha value is -0.830. The summed E-state index contributed by atoms with van der Waals surface area (Å²) < 4.78 is 11.0. The molecular weight excluding hydrogens is 413 g/mol. The highest BCUT2D eigenvalue weighted by molar-refractivity contribution is 14.0. The van der Waals surface area contributed by atoms with Crippen LogP contribution in [0.4, 0.5) is 0 Å². The fourth-order valence-electron chi connectivity index (χ4n) is 2.06. The van der Waals surface area contributed by atoms with Crippen molar-refractivity contribution < 1.29 is 9.47 Å². The van der Waals surface area contributed by atoms with Crippen molar-refractivity contribution in [1.82, 2.24) is 4.90 Å². The minimum atomic E-state index is -0.0326. The van der Waals surface area contributed by atoms with E-state index in [1.54, 1.807) is 7.11 Å². The Morgan fingerprint density at radius 3 is 2.73 bits per heavy atom. The first-order valence-electron chi connectivity index (χ1n) is 7.12. The van der Waals surface area contributed by atoms with E-state index in [0.29, 0.717) is 12.5 Å². The standard InChI is InChI=1S/C15H23N3O2S.HI/c1-12(20-14-5-3-4-13(10-14)19-2)11-17-15(16)18-6-8-21-9-7-18;/h3-5,10,12H,6-9,11H2,1-2H3,(H2,16,17);1H. The predicted molar refractivity (Wildman–Crippen MR) is 104 cm³/mol. The molecule has 2 rings (SSSR count). The fraction of sp³-hybridized carbons (Fsp3) is 0.533. The molecule has 1 aromatic rings. The Balaban J connectivity index is 0.00000242. The van der Waals surface area contributed by atoms with E-state index in [0.717, 1.165) is 36.1 Å². The highest BCUT2D eigenvalue weighted by Gasteiger charge is 2.12. The molecule has 0 amide bonds. The summed E-state index contributed by atoms with van der Waals surface area (Å²) in [5.41, 5.74) is 6.03. The van der Waals surface area contributed by atoms with Crippen molar-refractivity contribution in [3.05, 3.63) is 24.3 Å². The van der Waals surface area contributed by atoms with Crippen molar-refractivity contribution in [2.75, 3.05) is 38.2 Å². The second kappa shape index (κ2) is 10.0. The highest BCUT2D eigenvalue weighted by atomic mass is 127. The predicted octanol–water partition coefficient (Wildman–Crippen LogP) is 2.44. The Kier molecular flexibility index (Phi) is 8.77. The molecule has 0 aliphatic carbocycles. The van der Waals surface area contributed by atoms with Crippen molar-refractivity contribution in [1.29, 1.82) is 0 Å². The number of halogens is 1. The molecule has 2 N–H and O–H groups in total. The van der Waals surface area contributed by atoms with Crippen LogP contribution in [0.15, 0.2) is 29.3 Å². The third-order valence-corrected chi connectivity index (χ3v) is 4.17. The van der Waals surface area contributed by atoms with Crippen LogP contribution in [0, 0.1) is 0 Å². The largest absolute Gasteiger partial charge is 0.497 e. The molecule has 1 aliphatic rings. The summed E-state index contributed by atoms with van der Waals surface area (Å²) in [5.74, 6) is 4.42. The molecule has 1 aromatic carbocycles. The van der Waals surface area contributed by atoms with E-state index < -0.39 is 0 Å². The van der Waals surface area contributed by atoms with Gasteiger partial charge in [-0.2, -0.15) is 11.8 Å². The molecule has 1 atom stereocenters. The van der Waals surface area contributed by atoms with E-state index >= 15 is 0 Å². The van der Waals surface area contributed by atoms with E-state index in [2.05, 4.69) is 9.89 Å². The number of ether oxygens (including phenoxy) is 2. The second-order valence-corrected chi connectivity index (χ2v) is 6.13. The number of hydrogen-bond acceptors (Lipinski definition) is 4. The Labute approximate surface area is 153 Å². The van der Waals surface area contributed by atoms with Crippen LogP contribution in [-0.2, 0) is 0 Å². The van der Waals surface area contributed by atoms with Gasteiger partial charge in [-0.15, -0.1) is 24.0 Å². The van der Waals surface area contributed by atoms with Gasteiger partial charge in [0.1, 0.15) is 17.6 Å². The lowest BCUT2D eigenvalue weighted by atomic mass is 10.3. The van der Waals surface area contributed by atoms with Crippen LogP contribution in [0.1, 0.15) is 6.92 Å². The Bertz CT molecular complexity index is 482. The van der Waals surface area contributed by atoms with E-state index in [4.69, 9.17) is 15.2 Å². The zero-order chi connectivity index (χ0) is 15.1. The summed E-state index contributed by atoms with van der Waals surface area (Å²) in [4.78, 5) is 6.58. The van der Waals surface area contributed by atoms with Crippen molar-refractivity contribution in [2.24, 2.45) is 10.7 Å². The molecule has 0 aromatic heterocycles. The van der Waals surface area contributed by atoms with Gasteiger partial charge in [0.2, 0.25) is 0 Å². The van der Waals surface area contributed by atoms with Crippen LogP contribution in [0.2, 0.25) is 0 Å².